The third-order valence-corrected chi connectivity index (χ3v) is 7.17. The summed E-state index contributed by atoms with van der Waals surface area (Å²) in [5.74, 6) is 0.0285. The molecule has 0 bridgehead atoms. The third kappa shape index (κ3) is 15.2. The lowest BCUT2D eigenvalue weighted by Crippen LogP contribution is -2.44. The van der Waals surface area contributed by atoms with Gasteiger partial charge in [-0.05, 0) is 97.3 Å². The summed E-state index contributed by atoms with van der Waals surface area (Å²) < 4.78 is 22.8. The number of nitrogens with two attached hydrogens (primary N) is 1. The second-order valence-electron chi connectivity index (χ2n) is 13.6. The van der Waals surface area contributed by atoms with Gasteiger partial charge in [0.05, 0.1) is 9.85 Å². The van der Waals surface area contributed by atoms with Crippen LogP contribution in [0.15, 0.2) is 48.5 Å². The Hall–Kier alpha value is -4.33. The number of nitro benzene ring substituents is 2. The van der Waals surface area contributed by atoms with E-state index in [1.807, 2.05) is 53.7 Å². The third-order valence-electron chi connectivity index (χ3n) is 7.17. The van der Waals surface area contributed by atoms with Crippen molar-refractivity contribution in [2.24, 2.45) is 11.7 Å². The molecule has 2 heterocycles. The predicted octanol–water partition coefficient (Wildman–Crippen LogP) is 6.86. The van der Waals surface area contributed by atoms with Crippen molar-refractivity contribution in [1.29, 1.82) is 0 Å². The summed E-state index contributed by atoms with van der Waals surface area (Å²) in [6, 6.07) is 11.3. The maximum absolute atomic E-state index is 12.1. The van der Waals surface area contributed by atoms with E-state index in [1.165, 1.54) is 0 Å². The zero-order valence-electron chi connectivity index (χ0n) is 28.1. The van der Waals surface area contributed by atoms with Crippen LogP contribution in [0.3, 0.4) is 0 Å². The molecule has 2 aromatic carbocycles. The van der Waals surface area contributed by atoms with Gasteiger partial charge in [-0.15, -0.1) is 0 Å². The van der Waals surface area contributed by atoms with Gasteiger partial charge >= 0.3 is 12.2 Å². The van der Waals surface area contributed by atoms with E-state index in [1.54, 1.807) is 21.9 Å². The number of benzene rings is 2. The highest BCUT2D eigenvalue weighted by molar-refractivity contribution is 5.68. The van der Waals surface area contributed by atoms with Gasteiger partial charge in [0, 0.05) is 56.5 Å². The van der Waals surface area contributed by atoms with Gasteiger partial charge in [-0.3, -0.25) is 20.2 Å². The van der Waals surface area contributed by atoms with E-state index < -0.39 is 21.9 Å². The predicted molar refractivity (Wildman–Crippen MR) is 175 cm³/mol. The molecule has 2 aromatic rings. The lowest BCUT2D eigenvalue weighted by molar-refractivity contribution is -0.385. The van der Waals surface area contributed by atoms with Gasteiger partial charge in [-0.2, -0.15) is 0 Å². The first-order chi connectivity index (χ1) is 21.8. The van der Waals surface area contributed by atoms with Gasteiger partial charge in [0.2, 0.25) is 0 Å². The molecule has 0 unspecified atom stereocenters. The number of amides is 2. The number of carbonyl (C=O) groups excluding carboxylic acids is 2. The summed E-state index contributed by atoms with van der Waals surface area (Å²) in [6.07, 6.45) is 4.03. The monoisotopic (exact) mass is 661 g/mol. The molecular formula is C33H48FN5O8. The first-order valence-electron chi connectivity index (χ1n) is 15.7. The molecule has 13 nitrogen and oxygen atoms in total. The van der Waals surface area contributed by atoms with Gasteiger partial charge < -0.3 is 25.0 Å². The first-order valence-corrected chi connectivity index (χ1v) is 15.7. The summed E-state index contributed by atoms with van der Waals surface area (Å²) >= 11 is 0. The molecular weight excluding hydrogens is 613 g/mol. The highest BCUT2D eigenvalue weighted by atomic mass is 19.1. The first kappa shape index (κ1) is 38.9. The minimum Gasteiger partial charge on any atom is -0.444 e. The van der Waals surface area contributed by atoms with Gasteiger partial charge in [0.25, 0.3) is 11.4 Å². The topological polar surface area (TPSA) is 171 Å². The fourth-order valence-electron chi connectivity index (χ4n) is 4.70. The minimum absolute atomic E-state index is 0.0959. The molecule has 0 radical (unpaired) electrons. The van der Waals surface area contributed by atoms with Crippen LogP contribution in [0.25, 0.3) is 0 Å². The van der Waals surface area contributed by atoms with Gasteiger partial charge in [-0.25, -0.2) is 14.0 Å². The van der Waals surface area contributed by atoms with Gasteiger partial charge in [0.1, 0.15) is 17.0 Å². The Kier molecular flexibility index (Phi) is 14.5. The van der Waals surface area contributed by atoms with Crippen LogP contribution in [-0.4, -0.2) is 75.3 Å². The van der Waals surface area contributed by atoms with Crippen LogP contribution in [0.5, 0.6) is 0 Å². The number of carbonyl (C=O) groups is 2. The molecule has 0 saturated carbocycles. The van der Waals surface area contributed by atoms with Crippen LogP contribution in [0.2, 0.25) is 0 Å². The van der Waals surface area contributed by atoms with Crippen molar-refractivity contribution < 1.29 is 33.3 Å². The highest BCUT2D eigenvalue weighted by Crippen LogP contribution is 2.24. The lowest BCUT2D eigenvalue weighted by Gasteiger charge is -2.33. The van der Waals surface area contributed by atoms with Crippen LogP contribution in [0, 0.1) is 32.0 Å². The Morgan fingerprint density at radius 2 is 1.11 bits per heavy atom. The van der Waals surface area contributed by atoms with Crippen molar-refractivity contribution in [2.45, 2.75) is 90.9 Å². The number of piperidine rings is 2. The van der Waals surface area contributed by atoms with Crippen LogP contribution in [0.4, 0.5) is 25.4 Å². The van der Waals surface area contributed by atoms with E-state index in [0.29, 0.717) is 19.0 Å². The Labute approximate surface area is 275 Å². The van der Waals surface area contributed by atoms with E-state index in [-0.39, 0.29) is 34.5 Å². The smallest absolute Gasteiger partial charge is 0.410 e. The molecule has 47 heavy (non-hydrogen) atoms. The van der Waals surface area contributed by atoms with E-state index in [2.05, 4.69) is 0 Å². The quantitative estimate of drug-likeness (QED) is 0.271. The number of non-ortho nitro benzene ring substituents is 2. The average Bonchev–Trinajstić information content (AvgIpc) is 2.97. The SMILES string of the molecule is CC(C)(C)OC(=O)N1CCC(Cc2ccc([N+](=O)[O-])cc2)CC1.CC(C)(C)OC(=O)N1CCC(N)CC1.O=[N+]([O-])c1ccc(F)cc1. The number of likely N-dealkylation sites (tertiary alicyclic amines) is 2. The van der Waals surface area contributed by atoms with Crippen LogP contribution >= 0.6 is 0 Å². The molecule has 14 heteroatoms. The number of rotatable bonds is 4. The largest absolute Gasteiger partial charge is 0.444 e. The van der Waals surface area contributed by atoms with Crippen molar-refractivity contribution in [3.8, 4) is 0 Å². The molecule has 2 aliphatic rings. The van der Waals surface area contributed by atoms with Crippen LogP contribution < -0.4 is 5.73 Å². The number of hydrogen-bond donors (Lipinski definition) is 1. The summed E-state index contributed by atoms with van der Waals surface area (Å²) in [5.41, 5.74) is 6.00. The van der Waals surface area contributed by atoms with Crippen molar-refractivity contribution >= 4 is 23.6 Å². The van der Waals surface area contributed by atoms with Gasteiger partial charge in [-0.1, -0.05) is 12.1 Å². The van der Waals surface area contributed by atoms with E-state index in [4.69, 9.17) is 15.2 Å². The van der Waals surface area contributed by atoms with Crippen molar-refractivity contribution in [2.75, 3.05) is 26.2 Å². The maximum atomic E-state index is 12.1. The standard InChI is InChI=1S/C17H24N2O4.C10H20N2O2.C6H4FNO2/c1-17(2,3)23-16(20)18-10-8-14(9-11-18)12-13-4-6-15(7-5-13)19(21)22;1-10(2,3)14-9(13)12-6-4-8(11)5-7-12;7-5-1-3-6(4-2-5)8(9)10/h4-7,14H,8-12H2,1-3H3;8H,4-7,11H2,1-3H3;1-4H. The highest BCUT2D eigenvalue weighted by Gasteiger charge is 2.27. The molecule has 2 amide bonds. The summed E-state index contributed by atoms with van der Waals surface area (Å²) in [4.78, 5) is 46.8. The lowest BCUT2D eigenvalue weighted by atomic mass is 9.90. The second kappa shape index (κ2) is 17.5. The van der Waals surface area contributed by atoms with Crippen LogP contribution in [0.1, 0.15) is 72.8 Å². The Balaban J connectivity index is 0.000000271. The Morgan fingerprint density at radius 1 is 0.745 bits per heavy atom. The Bertz CT molecular complexity index is 1310. The number of nitrogens with zero attached hydrogens (tertiary/aromatic N) is 4. The summed E-state index contributed by atoms with van der Waals surface area (Å²) in [7, 11) is 0. The zero-order valence-corrected chi connectivity index (χ0v) is 28.1. The number of ether oxygens (including phenoxy) is 2. The molecule has 0 aliphatic carbocycles. The fourth-order valence-corrected chi connectivity index (χ4v) is 4.70. The summed E-state index contributed by atoms with van der Waals surface area (Å²) in [5, 5.41) is 20.7. The molecule has 4 rings (SSSR count). The molecule has 2 N–H and O–H groups in total. The summed E-state index contributed by atoms with van der Waals surface area (Å²) in [6.45, 7) is 14.1. The molecule has 2 saturated heterocycles. The molecule has 260 valence electrons. The minimum atomic E-state index is -0.570. The van der Waals surface area contributed by atoms with Crippen molar-refractivity contribution in [3.63, 3.8) is 0 Å². The second-order valence-corrected chi connectivity index (χ2v) is 13.6. The Morgan fingerprint density at radius 3 is 1.47 bits per heavy atom. The molecule has 0 aromatic heterocycles. The fraction of sp³-hybridized carbons (Fsp3) is 0.576. The van der Waals surface area contributed by atoms with Crippen LogP contribution in [-0.2, 0) is 15.9 Å². The van der Waals surface area contributed by atoms with Gasteiger partial charge in [0.15, 0.2) is 0 Å². The molecule has 0 atom stereocenters. The van der Waals surface area contributed by atoms with Crippen molar-refractivity contribution in [3.05, 3.63) is 80.1 Å². The molecule has 2 fully saturated rings. The normalized spacial score (nSPS) is 15.7. The maximum Gasteiger partial charge on any atom is 0.410 e. The van der Waals surface area contributed by atoms with Crippen molar-refractivity contribution in [1.82, 2.24) is 9.80 Å². The number of hydrogen-bond acceptors (Lipinski definition) is 9. The molecule has 2 aliphatic heterocycles. The number of halogens is 1. The molecule has 0 spiro atoms. The van der Waals surface area contributed by atoms with E-state index in [9.17, 15) is 34.2 Å². The zero-order chi connectivity index (χ0) is 35.4. The number of nitro groups is 2. The average molecular weight is 662 g/mol. The van der Waals surface area contributed by atoms with E-state index >= 15 is 0 Å². The van der Waals surface area contributed by atoms with E-state index in [0.717, 1.165) is 75.0 Å².